The van der Waals surface area contributed by atoms with Gasteiger partial charge >= 0.3 is 0 Å². The monoisotopic (exact) mass is 359 g/mol. The Morgan fingerprint density at radius 1 is 1.27 bits per heavy atom. The number of rotatable bonds is 3. The summed E-state index contributed by atoms with van der Waals surface area (Å²) < 4.78 is 5.39. The number of carbonyl (C=O) groups is 2. The second-order valence-electron chi connectivity index (χ2n) is 8.08. The van der Waals surface area contributed by atoms with Gasteiger partial charge in [-0.15, -0.1) is 0 Å². The molecule has 26 heavy (non-hydrogen) atoms. The van der Waals surface area contributed by atoms with Gasteiger partial charge in [-0.25, -0.2) is 0 Å². The lowest BCUT2D eigenvalue weighted by Crippen LogP contribution is -2.58. The van der Waals surface area contributed by atoms with Crippen molar-refractivity contribution in [1.29, 1.82) is 0 Å². The van der Waals surface area contributed by atoms with Gasteiger partial charge in [-0.2, -0.15) is 0 Å². The quantitative estimate of drug-likeness (QED) is 0.897. The van der Waals surface area contributed by atoms with Crippen LogP contribution in [0.2, 0.25) is 0 Å². The third-order valence-corrected chi connectivity index (χ3v) is 6.40. The highest BCUT2D eigenvalue weighted by molar-refractivity contribution is 5.93. The van der Waals surface area contributed by atoms with Crippen molar-refractivity contribution < 1.29 is 14.0 Å². The van der Waals surface area contributed by atoms with Gasteiger partial charge in [0.1, 0.15) is 0 Å². The molecule has 0 spiro atoms. The van der Waals surface area contributed by atoms with E-state index in [2.05, 4.69) is 10.2 Å². The molecule has 2 amide bonds. The van der Waals surface area contributed by atoms with Crippen molar-refractivity contribution in [1.82, 2.24) is 15.1 Å². The van der Waals surface area contributed by atoms with E-state index in [0.717, 1.165) is 57.4 Å². The molecule has 1 N–H and O–H groups in total. The maximum Gasteiger partial charge on any atom is 0.289 e. The summed E-state index contributed by atoms with van der Waals surface area (Å²) in [6.07, 6.45) is 6.29. The number of fused-ring (bicyclic) bond motifs is 1. The lowest BCUT2D eigenvalue weighted by atomic mass is 9.82. The van der Waals surface area contributed by atoms with Crippen LogP contribution < -0.4 is 5.32 Å². The van der Waals surface area contributed by atoms with Gasteiger partial charge in [0, 0.05) is 37.7 Å². The maximum atomic E-state index is 12.8. The number of likely N-dealkylation sites (tertiary alicyclic amines) is 2. The standard InChI is InChI=1S/C20H29N3O3/c1-14-7-11-26-19(14)20(25)22-10-6-17-16(13-22)2-3-18(24)23(17)12-15-4-8-21-9-5-15/h7,11,15-17,21H,2-6,8-10,12-13H2,1H3/t16-,17+/m0/s1. The van der Waals surface area contributed by atoms with Gasteiger partial charge in [0.25, 0.3) is 5.91 Å². The van der Waals surface area contributed by atoms with E-state index >= 15 is 0 Å². The fraction of sp³-hybridized carbons (Fsp3) is 0.700. The van der Waals surface area contributed by atoms with Crippen LogP contribution in [0.5, 0.6) is 0 Å². The minimum absolute atomic E-state index is 0.00671. The van der Waals surface area contributed by atoms with E-state index in [1.807, 2.05) is 17.9 Å². The zero-order valence-electron chi connectivity index (χ0n) is 15.6. The molecule has 6 heteroatoms. The molecule has 0 saturated carbocycles. The third-order valence-electron chi connectivity index (χ3n) is 6.40. The summed E-state index contributed by atoms with van der Waals surface area (Å²) in [5.41, 5.74) is 0.892. The van der Waals surface area contributed by atoms with Crippen LogP contribution in [0.3, 0.4) is 0 Å². The minimum Gasteiger partial charge on any atom is -0.459 e. The van der Waals surface area contributed by atoms with Crippen LogP contribution in [0.1, 0.15) is 48.2 Å². The van der Waals surface area contributed by atoms with Crippen LogP contribution >= 0.6 is 0 Å². The zero-order valence-corrected chi connectivity index (χ0v) is 15.6. The second kappa shape index (κ2) is 7.43. The van der Waals surface area contributed by atoms with Gasteiger partial charge in [0.2, 0.25) is 5.91 Å². The molecule has 4 rings (SSSR count). The molecule has 0 bridgehead atoms. The lowest BCUT2D eigenvalue weighted by Gasteiger charge is -2.48. The van der Waals surface area contributed by atoms with Crippen molar-refractivity contribution in [3.8, 4) is 0 Å². The molecular weight excluding hydrogens is 330 g/mol. The van der Waals surface area contributed by atoms with E-state index in [0.29, 0.717) is 42.5 Å². The van der Waals surface area contributed by atoms with E-state index < -0.39 is 0 Å². The number of furan rings is 1. The first kappa shape index (κ1) is 17.6. The van der Waals surface area contributed by atoms with Crippen molar-refractivity contribution in [2.24, 2.45) is 11.8 Å². The average molecular weight is 359 g/mol. The Hall–Kier alpha value is -1.82. The second-order valence-corrected chi connectivity index (χ2v) is 8.08. The Balaban J connectivity index is 1.42. The molecule has 0 aliphatic carbocycles. The molecule has 0 aromatic carbocycles. The van der Waals surface area contributed by atoms with Gasteiger partial charge in [0.15, 0.2) is 5.76 Å². The Morgan fingerprint density at radius 3 is 2.81 bits per heavy atom. The minimum atomic E-state index is -0.00671. The molecule has 3 saturated heterocycles. The molecule has 142 valence electrons. The van der Waals surface area contributed by atoms with E-state index in [4.69, 9.17) is 4.42 Å². The highest BCUT2D eigenvalue weighted by Crippen LogP contribution is 2.33. The van der Waals surface area contributed by atoms with E-state index in [1.165, 1.54) is 0 Å². The molecule has 6 nitrogen and oxygen atoms in total. The van der Waals surface area contributed by atoms with Crippen LogP contribution in [-0.2, 0) is 4.79 Å². The first-order valence-corrected chi connectivity index (χ1v) is 9.97. The van der Waals surface area contributed by atoms with E-state index in [9.17, 15) is 9.59 Å². The molecule has 0 radical (unpaired) electrons. The number of aryl methyl sites for hydroxylation is 1. The van der Waals surface area contributed by atoms with Crippen LogP contribution in [0, 0.1) is 18.8 Å². The van der Waals surface area contributed by atoms with Crippen molar-refractivity contribution in [3.05, 3.63) is 23.7 Å². The summed E-state index contributed by atoms with van der Waals surface area (Å²) in [4.78, 5) is 29.4. The molecule has 1 aromatic heterocycles. The van der Waals surface area contributed by atoms with E-state index in [1.54, 1.807) is 6.26 Å². The van der Waals surface area contributed by atoms with E-state index in [-0.39, 0.29) is 5.91 Å². The van der Waals surface area contributed by atoms with Crippen molar-refractivity contribution in [2.75, 3.05) is 32.7 Å². The van der Waals surface area contributed by atoms with Crippen LogP contribution in [-0.4, -0.2) is 60.4 Å². The number of nitrogens with zero attached hydrogens (tertiary/aromatic N) is 2. The Morgan fingerprint density at radius 2 is 2.08 bits per heavy atom. The van der Waals surface area contributed by atoms with Gasteiger partial charge < -0.3 is 19.5 Å². The number of piperidine rings is 3. The summed E-state index contributed by atoms with van der Waals surface area (Å²) in [6.45, 7) is 6.36. The number of hydrogen-bond donors (Lipinski definition) is 1. The molecular formula is C20H29N3O3. The van der Waals surface area contributed by atoms with Gasteiger partial charge in [-0.3, -0.25) is 9.59 Å². The molecule has 3 aliphatic heterocycles. The normalized spacial score (nSPS) is 27.5. The molecule has 3 fully saturated rings. The summed E-state index contributed by atoms with van der Waals surface area (Å²) in [7, 11) is 0. The highest BCUT2D eigenvalue weighted by atomic mass is 16.3. The average Bonchev–Trinajstić information content (AvgIpc) is 3.10. The Bertz CT molecular complexity index is 665. The number of hydrogen-bond acceptors (Lipinski definition) is 4. The predicted molar refractivity (Wildman–Crippen MR) is 97.8 cm³/mol. The van der Waals surface area contributed by atoms with Gasteiger partial charge in [-0.05, 0) is 63.6 Å². The molecule has 2 atom stereocenters. The Kier molecular flexibility index (Phi) is 5.02. The SMILES string of the molecule is Cc1ccoc1C(=O)N1CC[C@@H]2[C@@H](CCC(=O)N2CC2CCNCC2)C1. The third kappa shape index (κ3) is 3.39. The molecule has 3 aliphatic rings. The number of amides is 2. The topological polar surface area (TPSA) is 65.8 Å². The Labute approximate surface area is 154 Å². The molecule has 1 aromatic rings. The van der Waals surface area contributed by atoms with Crippen molar-refractivity contribution in [3.63, 3.8) is 0 Å². The smallest absolute Gasteiger partial charge is 0.289 e. The maximum absolute atomic E-state index is 12.8. The fourth-order valence-electron chi connectivity index (χ4n) is 4.85. The van der Waals surface area contributed by atoms with Gasteiger partial charge in [-0.1, -0.05) is 0 Å². The largest absolute Gasteiger partial charge is 0.459 e. The summed E-state index contributed by atoms with van der Waals surface area (Å²) in [5, 5.41) is 3.40. The number of carbonyl (C=O) groups excluding carboxylic acids is 2. The van der Waals surface area contributed by atoms with Gasteiger partial charge in [0.05, 0.1) is 6.26 Å². The lowest BCUT2D eigenvalue weighted by molar-refractivity contribution is -0.141. The summed E-state index contributed by atoms with van der Waals surface area (Å²) in [6, 6.07) is 2.13. The van der Waals surface area contributed by atoms with Crippen molar-refractivity contribution in [2.45, 2.75) is 45.1 Å². The molecule has 4 heterocycles. The fourth-order valence-corrected chi connectivity index (χ4v) is 4.85. The summed E-state index contributed by atoms with van der Waals surface area (Å²) >= 11 is 0. The predicted octanol–water partition coefficient (Wildman–Crippen LogP) is 2.04. The van der Waals surface area contributed by atoms with Crippen LogP contribution in [0.15, 0.2) is 16.7 Å². The summed E-state index contributed by atoms with van der Waals surface area (Å²) in [5.74, 6) is 1.77. The van der Waals surface area contributed by atoms with Crippen LogP contribution in [0.25, 0.3) is 0 Å². The zero-order chi connectivity index (χ0) is 18.1. The van der Waals surface area contributed by atoms with Crippen molar-refractivity contribution >= 4 is 11.8 Å². The first-order chi connectivity index (χ1) is 12.6. The first-order valence-electron chi connectivity index (χ1n) is 9.97. The van der Waals surface area contributed by atoms with Crippen LogP contribution in [0.4, 0.5) is 0 Å². The molecule has 0 unspecified atom stereocenters. The number of nitrogens with one attached hydrogen (secondary N) is 1. The highest BCUT2D eigenvalue weighted by Gasteiger charge is 2.41.